The van der Waals surface area contributed by atoms with Gasteiger partial charge in [-0.3, -0.25) is 0 Å². The van der Waals surface area contributed by atoms with Gasteiger partial charge in [0, 0.05) is 0 Å². The van der Waals surface area contributed by atoms with Crippen molar-refractivity contribution in [1.82, 2.24) is 0 Å². The smallest absolute Gasteiger partial charge is 0.0236 e. The molecule has 1 saturated carbocycles. The number of hydrogen-bond donors (Lipinski definition) is 0. The molecule has 3 atom stereocenters. The van der Waals surface area contributed by atoms with Crippen LogP contribution in [0.1, 0.15) is 68.2 Å². The van der Waals surface area contributed by atoms with Crippen LogP contribution in [0.25, 0.3) is 0 Å². The Kier molecular flexibility index (Phi) is 3.05. The molecule has 0 N–H and O–H groups in total. The monoisotopic (exact) mass is 210 g/mol. The van der Waals surface area contributed by atoms with E-state index in [0.29, 0.717) is 16.2 Å². The summed E-state index contributed by atoms with van der Waals surface area (Å²) in [5.74, 6) is 1.69. The van der Waals surface area contributed by atoms with E-state index < -0.39 is 0 Å². The molecule has 1 aliphatic carbocycles. The van der Waals surface area contributed by atoms with Crippen LogP contribution in [0.3, 0.4) is 0 Å². The summed E-state index contributed by atoms with van der Waals surface area (Å²) in [4.78, 5) is 0. The van der Waals surface area contributed by atoms with Crippen molar-refractivity contribution in [2.24, 2.45) is 28.1 Å². The highest BCUT2D eigenvalue weighted by atomic mass is 14.7. The van der Waals surface area contributed by atoms with Gasteiger partial charge in [-0.15, -0.1) is 0 Å². The van der Waals surface area contributed by atoms with Crippen molar-refractivity contribution in [2.45, 2.75) is 68.2 Å². The number of rotatable bonds is 3. The fourth-order valence-electron chi connectivity index (χ4n) is 3.74. The Hall–Kier alpha value is 0. The minimum atomic E-state index is 0.475. The van der Waals surface area contributed by atoms with Gasteiger partial charge in [0.1, 0.15) is 0 Å². The van der Waals surface area contributed by atoms with Gasteiger partial charge in [0.15, 0.2) is 0 Å². The van der Waals surface area contributed by atoms with Crippen molar-refractivity contribution in [3.63, 3.8) is 0 Å². The van der Waals surface area contributed by atoms with Crippen molar-refractivity contribution in [3.8, 4) is 0 Å². The van der Waals surface area contributed by atoms with E-state index in [9.17, 15) is 0 Å². The van der Waals surface area contributed by atoms with E-state index in [1.54, 1.807) is 0 Å². The average molecular weight is 210 g/mol. The molecule has 0 nitrogen and oxygen atoms in total. The lowest BCUT2D eigenvalue weighted by Crippen LogP contribution is -2.62. The molecule has 1 fully saturated rings. The van der Waals surface area contributed by atoms with E-state index in [-0.39, 0.29) is 0 Å². The minimum absolute atomic E-state index is 0.475. The van der Waals surface area contributed by atoms with Gasteiger partial charge in [0.05, 0.1) is 0 Å². The first-order valence-corrected chi connectivity index (χ1v) is 6.60. The molecule has 0 radical (unpaired) electrons. The second-order valence-electron chi connectivity index (χ2n) is 7.28. The van der Waals surface area contributed by atoms with Gasteiger partial charge < -0.3 is 0 Å². The van der Waals surface area contributed by atoms with Crippen LogP contribution in [0.4, 0.5) is 0 Å². The largest absolute Gasteiger partial charge is 0.0651 e. The minimum Gasteiger partial charge on any atom is -0.0651 e. The molecular formula is C15H30. The van der Waals surface area contributed by atoms with Crippen LogP contribution >= 0.6 is 0 Å². The van der Waals surface area contributed by atoms with Crippen LogP contribution in [-0.4, -0.2) is 0 Å². The third-order valence-electron chi connectivity index (χ3n) is 6.43. The summed E-state index contributed by atoms with van der Waals surface area (Å²) in [5.41, 5.74) is 1.53. The lowest BCUT2D eigenvalue weighted by Gasteiger charge is -2.69. The van der Waals surface area contributed by atoms with Crippen molar-refractivity contribution in [3.05, 3.63) is 0 Å². The summed E-state index contributed by atoms with van der Waals surface area (Å²) < 4.78 is 0. The summed E-state index contributed by atoms with van der Waals surface area (Å²) in [6, 6.07) is 0. The molecule has 0 aliphatic heterocycles. The van der Waals surface area contributed by atoms with E-state index >= 15 is 0 Å². The SMILES string of the molecule is CCC(C)C(C)C1(C)CC(C)(C)C1(C)C. The molecule has 0 heteroatoms. The van der Waals surface area contributed by atoms with Crippen LogP contribution in [0, 0.1) is 28.1 Å². The Bertz CT molecular complexity index is 236. The van der Waals surface area contributed by atoms with Gasteiger partial charge in [-0.05, 0) is 34.5 Å². The maximum Gasteiger partial charge on any atom is -0.0236 e. The second kappa shape index (κ2) is 3.50. The van der Waals surface area contributed by atoms with Crippen molar-refractivity contribution in [2.75, 3.05) is 0 Å². The van der Waals surface area contributed by atoms with E-state index in [1.165, 1.54) is 12.8 Å². The fourth-order valence-corrected chi connectivity index (χ4v) is 3.74. The van der Waals surface area contributed by atoms with Crippen molar-refractivity contribution < 1.29 is 0 Å². The van der Waals surface area contributed by atoms with Gasteiger partial charge in [-0.1, -0.05) is 61.8 Å². The summed E-state index contributed by atoms with van der Waals surface area (Å²) in [6.45, 7) is 19.5. The Morgan fingerprint density at radius 3 is 1.73 bits per heavy atom. The lowest BCUT2D eigenvalue weighted by atomic mass is 9.35. The quantitative estimate of drug-likeness (QED) is 0.605. The van der Waals surface area contributed by atoms with Gasteiger partial charge in [-0.2, -0.15) is 0 Å². The summed E-state index contributed by atoms with van der Waals surface area (Å²) >= 11 is 0. The Morgan fingerprint density at radius 1 is 1.00 bits per heavy atom. The molecule has 1 rings (SSSR count). The van der Waals surface area contributed by atoms with E-state index in [1.807, 2.05) is 0 Å². The third-order valence-corrected chi connectivity index (χ3v) is 6.43. The molecule has 0 saturated heterocycles. The molecule has 0 aromatic rings. The van der Waals surface area contributed by atoms with Crippen LogP contribution in [-0.2, 0) is 0 Å². The van der Waals surface area contributed by atoms with Crippen LogP contribution < -0.4 is 0 Å². The van der Waals surface area contributed by atoms with E-state index in [4.69, 9.17) is 0 Å². The average Bonchev–Trinajstić information content (AvgIpc) is 2.14. The third kappa shape index (κ3) is 1.56. The molecule has 0 bridgehead atoms. The van der Waals surface area contributed by atoms with Crippen molar-refractivity contribution in [1.29, 1.82) is 0 Å². The second-order valence-corrected chi connectivity index (χ2v) is 7.28. The Labute approximate surface area is 96.8 Å². The first-order valence-electron chi connectivity index (χ1n) is 6.60. The van der Waals surface area contributed by atoms with Gasteiger partial charge in [0.2, 0.25) is 0 Å². The van der Waals surface area contributed by atoms with Gasteiger partial charge in [-0.25, -0.2) is 0 Å². The summed E-state index contributed by atoms with van der Waals surface area (Å²) in [7, 11) is 0. The predicted molar refractivity (Wildman–Crippen MR) is 68.9 cm³/mol. The summed E-state index contributed by atoms with van der Waals surface area (Å²) in [6.07, 6.45) is 2.70. The molecule has 1 aliphatic rings. The molecule has 15 heavy (non-hydrogen) atoms. The molecule has 0 aromatic heterocycles. The maximum absolute atomic E-state index is 2.51. The maximum atomic E-state index is 2.51. The van der Waals surface area contributed by atoms with Crippen LogP contribution in [0.2, 0.25) is 0 Å². The zero-order chi connectivity index (χ0) is 12.1. The predicted octanol–water partition coefficient (Wildman–Crippen LogP) is 5.13. The Balaban J connectivity index is 2.88. The molecule has 90 valence electrons. The van der Waals surface area contributed by atoms with E-state index in [0.717, 1.165) is 11.8 Å². The van der Waals surface area contributed by atoms with Gasteiger partial charge >= 0.3 is 0 Å². The fraction of sp³-hybridized carbons (Fsp3) is 1.00. The topological polar surface area (TPSA) is 0 Å². The molecule has 0 aromatic carbocycles. The molecular weight excluding hydrogens is 180 g/mol. The standard InChI is InChI=1S/C15H30/c1-9-11(2)12(3)15(8)10-13(4,5)14(15,6)7/h11-12H,9-10H2,1-8H3. The van der Waals surface area contributed by atoms with Crippen LogP contribution in [0.5, 0.6) is 0 Å². The summed E-state index contributed by atoms with van der Waals surface area (Å²) in [5, 5.41) is 0. The first kappa shape index (κ1) is 13.1. The molecule has 0 spiro atoms. The molecule has 0 heterocycles. The zero-order valence-corrected chi connectivity index (χ0v) is 12.1. The molecule has 0 amide bonds. The van der Waals surface area contributed by atoms with Gasteiger partial charge in [0.25, 0.3) is 0 Å². The number of hydrogen-bond acceptors (Lipinski definition) is 0. The highest BCUT2D eigenvalue weighted by molar-refractivity contribution is 5.12. The highest BCUT2D eigenvalue weighted by Gasteiger charge is 2.63. The highest BCUT2D eigenvalue weighted by Crippen LogP contribution is 2.71. The zero-order valence-electron chi connectivity index (χ0n) is 12.1. The lowest BCUT2D eigenvalue weighted by molar-refractivity contribution is -0.205. The molecule has 3 unspecified atom stereocenters. The van der Waals surface area contributed by atoms with E-state index in [2.05, 4.69) is 55.4 Å². The Morgan fingerprint density at radius 2 is 1.47 bits per heavy atom. The van der Waals surface area contributed by atoms with Crippen LogP contribution in [0.15, 0.2) is 0 Å². The van der Waals surface area contributed by atoms with Crippen molar-refractivity contribution >= 4 is 0 Å². The first-order chi connectivity index (χ1) is 6.60. The normalized spacial score (nSPS) is 36.8.